The quantitative estimate of drug-likeness (QED) is 0.387. The van der Waals surface area contributed by atoms with E-state index in [-0.39, 0.29) is 5.84 Å². The van der Waals surface area contributed by atoms with Crippen molar-refractivity contribution < 1.29 is 5.21 Å². The lowest BCUT2D eigenvalue weighted by Crippen LogP contribution is -2.48. The molecule has 1 aromatic rings. The third kappa shape index (κ3) is 3.80. The van der Waals surface area contributed by atoms with E-state index in [1.54, 1.807) is 6.07 Å². The lowest BCUT2D eigenvalue weighted by Gasteiger charge is -2.37. The Morgan fingerprint density at radius 1 is 1.33 bits per heavy atom. The maximum absolute atomic E-state index is 8.95. The van der Waals surface area contributed by atoms with Crippen LogP contribution in [0.2, 0.25) is 5.02 Å². The summed E-state index contributed by atoms with van der Waals surface area (Å²) in [6, 6.07) is 5.62. The summed E-state index contributed by atoms with van der Waals surface area (Å²) < 4.78 is 0. The van der Waals surface area contributed by atoms with Gasteiger partial charge in [-0.25, -0.2) is 0 Å². The van der Waals surface area contributed by atoms with Gasteiger partial charge in [-0.2, -0.15) is 0 Å². The Morgan fingerprint density at radius 2 is 2.00 bits per heavy atom. The number of rotatable bonds is 4. The second-order valence-electron chi connectivity index (χ2n) is 5.80. The molecule has 116 valence electrons. The summed E-state index contributed by atoms with van der Waals surface area (Å²) in [6.45, 7) is 9.45. The molecule has 0 unspecified atom stereocenters. The van der Waals surface area contributed by atoms with Crippen LogP contribution in [0.1, 0.15) is 19.4 Å². The summed E-state index contributed by atoms with van der Waals surface area (Å²) >= 11 is 6.21. The Hall–Kier alpha value is -1.46. The van der Waals surface area contributed by atoms with Crippen molar-refractivity contribution in [2.75, 3.05) is 37.6 Å². The molecule has 0 aromatic heterocycles. The van der Waals surface area contributed by atoms with Gasteiger partial charge in [0.2, 0.25) is 0 Å². The lowest BCUT2D eigenvalue weighted by atomic mass is 10.1. The zero-order valence-corrected chi connectivity index (χ0v) is 13.3. The first kappa shape index (κ1) is 15.9. The molecule has 21 heavy (non-hydrogen) atoms. The third-order valence-electron chi connectivity index (χ3n) is 3.69. The lowest BCUT2D eigenvalue weighted by molar-refractivity contribution is 0.231. The number of anilines is 1. The van der Waals surface area contributed by atoms with Crippen LogP contribution in [0, 0.1) is 5.92 Å². The van der Waals surface area contributed by atoms with E-state index in [4.69, 9.17) is 22.5 Å². The van der Waals surface area contributed by atoms with E-state index in [0.29, 0.717) is 16.5 Å². The number of hydrogen-bond acceptors (Lipinski definition) is 4. The molecular formula is C15H23ClN4O. The fourth-order valence-corrected chi connectivity index (χ4v) is 3.03. The van der Waals surface area contributed by atoms with Gasteiger partial charge >= 0.3 is 0 Å². The number of oxime groups is 1. The van der Waals surface area contributed by atoms with Crippen molar-refractivity contribution in [1.29, 1.82) is 0 Å². The van der Waals surface area contributed by atoms with Crippen LogP contribution in [0.4, 0.5) is 5.69 Å². The molecule has 5 nitrogen and oxygen atoms in total. The number of piperazine rings is 1. The zero-order valence-electron chi connectivity index (χ0n) is 12.6. The maximum atomic E-state index is 8.95. The zero-order chi connectivity index (χ0) is 15.4. The number of nitrogens with two attached hydrogens (primary N) is 1. The third-order valence-corrected chi connectivity index (χ3v) is 4.01. The summed E-state index contributed by atoms with van der Waals surface area (Å²) in [4.78, 5) is 4.71. The van der Waals surface area contributed by atoms with Crippen LogP contribution >= 0.6 is 11.6 Å². The molecule has 1 aliphatic heterocycles. The smallest absolute Gasteiger partial charge is 0.173 e. The van der Waals surface area contributed by atoms with Crippen molar-refractivity contribution in [3.63, 3.8) is 0 Å². The second kappa shape index (κ2) is 7.00. The highest BCUT2D eigenvalue weighted by molar-refractivity contribution is 6.34. The van der Waals surface area contributed by atoms with Gasteiger partial charge in [0, 0.05) is 38.4 Å². The molecule has 3 N–H and O–H groups in total. The van der Waals surface area contributed by atoms with Crippen molar-refractivity contribution >= 4 is 23.1 Å². The SMILES string of the molecule is CC(C)CN1CCN(c2cccc(Cl)c2C(N)=NO)CC1. The van der Waals surface area contributed by atoms with E-state index in [0.717, 1.165) is 38.4 Å². The van der Waals surface area contributed by atoms with Gasteiger partial charge in [0.25, 0.3) is 0 Å². The summed E-state index contributed by atoms with van der Waals surface area (Å²) in [7, 11) is 0. The van der Waals surface area contributed by atoms with E-state index in [2.05, 4.69) is 28.8 Å². The van der Waals surface area contributed by atoms with Crippen LogP contribution < -0.4 is 10.6 Å². The van der Waals surface area contributed by atoms with Crippen LogP contribution in [0.25, 0.3) is 0 Å². The Bertz CT molecular complexity index is 510. The number of hydrogen-bond donors (Lipinski definition) is 2. The van der Waals surface area contributed by atoms with E-state index >= 15 is 0 Å². The molecule has 0 saturated carbocycles. The molecule has 0 bridgehead atoms. The van der Waals surface area contributed by atoms with Crippen LogP contribution in [0.5, 0.6) is 0 Å². The molecule has 6 heteroatoms. The van der Waals surface area contributed by atoms with Crippen molar-refractivity contribution in [2.45, 2.75) is 13.8 Å². The molecule has 1 fully saturated rings. The number of nitrogens with zero attached hydrogens (tertiary/aromatic N) is 3. The van der Waals surface area contributed by atoms with Crippen molar-refractivity contribution in [3.05, 3.63) is 28.8 Å². The first-order chi connectivity index (χ1) is 10.0. The minimum atomic E-state index is 0.0558. The van der Waals surface area contributed by atoms with Gasteiger partial charge in [-0.15, -0.1) is 0 Å². The summed E-state index contributed by atoms with van der Waals surface area (Å²) in [5, 5.41) is 12.6. The molecule has 1 saturated heterocycles. The number of benzene rings is 1. The average Bonchev–Trinajstić information content (AvgIpc) is 2.46. The molecule has 2 rings (SSSR count). The van der Waals surface area contributed by atoms with Crippen molar-refractivity contribution in [3.8, 4) is 0 Å². The van der Waals surface area contributed by atoms with Gasteiger partial charge in [0.15, 0.2) is 5.84 Å². The molecule has 0 spiro atoms. The van der Waals surface area contributed by atoms with E-state index in [9.17, 15) is 0 Å². The van der Waals surface area contributed by atoms with E-state index < -0.39 is 0 Å². The van der Waals surface area contributed by atoms with E-state index in [1.807, 2.05) is 12.1 Å². The first-order valence-electron chi connectivity index (χ1n) is 7.26. The van der Waals surface area contributed by atoms with Crippen LogP contribution in [-0.2, 0) is 0 Å². The molecule has 0 aliphatic carbocycles. The molecule has 1 heterocycles. The Labute approximate surface area is 131 Å². The second-order valence-corrected chi connectivity index (χ2v) is 6.21. The molecular weight excluding hydrogens is 288 g/mol. The molecule has 0 amide bonds. The summed E-state index contributed by atoms with van der Waals surface area (Å²) in [6.07, 6.45) is 0. The Morgan fingerprint density at radius 3 is 2.57 bits per heavy atom. The first-order valence-corrected chi connectivity index (χ1v) is 7.64. The van der Waals surface area contributed by atoms with Gasteiger partial charge in [-0.3, -0.25) is 4.90 Å². The van der Waals surface area contributed by atoms with Crippen molar-refractivity contribution in [2.24, 2.45) is 16.8 Å². The van der Waals surface area contributed by atoms with Gasteiger partial charge < -0.3 is 15.8 Å². The standard InChI is InChI=1S/C15H23ClN4O/c1-11(2)10-19-6-8-20(9-7-19)13-5-3-4-12(16)14(13)15(17)18-21/h3-5,11,21H,6-10H2,1-2H3,(H2,17,18). The highest BCUT2D eigenvalue weighted by Gasteiger charge is 2.22. The van der Waals surface area contributed by atoms with Crippen molar-refractivity contribution in [1.82, 2.24) is 4.90 Å². The Kier molecular flexibility index (Phi) is 5.31. The molecule has 0 radical (unpaired) electrons. The fourth-order valence-electron chi connectivity index (χ4n) is 2.77. The molecule has 0 atom stereocenters. The summed E-state index contributed by atoms with van der Waals surface area (Å²) in [5.74, 6) is 0.732. The normalized spacial score (nSPS) is 17.5. The van der Waals surface area contributed by atoms with Crippen LogP contribution in [0.15, 0.2) is 23.4 Å². The minimum Gasteiger partial charge on any atom is -0.409 e. The van der Waals surface area contributed by atoms with Gasteiger partial charge in [-0.05, 0) is 18.1 Å². The topological polar surface area (TPSA) is 65.1 Å². The highest BCUT2D eigenvalue weighted by atomic mass is 35.5. The monoisotopic (exact) mass is 310 g/mol. The number of halogens is 1. The number of amidine groups is 1. The Balaban J connectivity index is 2.15. The molecule has 1 aliphatic rings. The minimum absolute atomic E-state index is 0.0558. The predicted molar refractivity (Wildman–Crippen MR) is 87.5 cm³/mol. The van der Waals surface area contributed by atoms with Gasteiger partial charge in [0.05, 0.1) is 10.6 Å². The fraction of sp³-hybridized carbons (Fsp3) is 0.533. The van der Waals surface area contributed by atoms with Gasteiger partial charge in [0.1, 0.15) is 0 Å². The van der Waals surface area contributed by atoms with Crippen LogP contribution in [0.3, 0.4) is 0 Å². The van der Waals surface area contributed by atoms with E-state index in [1.165, 1.54) is 0 Å². The maximum Gasteiger partial charge on any atom is 0.173 e. The molecule has 1 aromatic carbocycles. The van der Waals surface area contributed by atoms with Gasteiger partial charge in [-0.1, -0.05) is 36.7 Å². The summed E-state index contributed by atoms with van der Waals surface area (Å²) in [5.41, 5.74) is 7.32. The van der Waals surface area contributed by atoms with Crippen LogP contribution in [-0.4, -0.2) is 48.7 Å². The average molecular weight is 311 g/mol. The predicted octanol–water partition coefficient (Wildman–Crippen LogP) is 2.21. The highest BCUT2D eigenvalue weighted by Crippen LogP contribution is 2.28. The largest absolute Gasteiger partial charge is 0.409 e.